The Morgan fingerprint density at radius 3 is 2.03 bits per heavy atom. The van der Waals surface area contributed by atoms with Gasteiger partial charge >= 0.3 is 0 Å². The monoisotopic (exact) mass is 505 g/mol. The summed E-state index contributed by atoms with van der Waals surface area (Å²) in [7, 11) is -3.67. The minimum absolute atomic E-state index is 0.289. The van der Waals surface area contributed by atoms with Crippen LogP contribution in [0.25, 0.3) is 0 Å². The Morgan fingerprint density at radius 1 is 0.833 bits per heavy atom. The lowest BCUT2D eigenvalue weighted by atomic mass is 10.2. The molecule has 0 fully saturated rings. The van der Waals surface area contributed by atoms with E-state index >= 15 is 0 Å². The number of rotatable bonds is 7. The van der Waals surface area contributed by atoms with Crippen molar-refractivity contribution in [2.24, 2.45) is 10.7 Å². The molecule has 0 unspecified atom stereocenters. The lowest BCUT2D eigenvalue weighted by Crippen LogP contribution is -2.21. The molecule has 8 nitrogen and oxygen atoms in total. The van der Waals surface area contributed by atoms with Crippen LogP contribution in [0, 0.1) is 0 Å². The van der Waals surface area contributed by atoms with E-state index in [2.05, 4.69) is 10.3 Å². The molecule has 4 N–H and O–H groups in total. The lowest BCUT2D eigenvalue weighted by Gasteiger charge is -2.10. The molecule has 0 aliphatic heterocycles. The molecule has 9 heteroatoms. The molecule has 0 saturated carbocycles. The van der Waals surface area contributed by atoms with Crippen LogP contribution < -0.4 is 20.5 Å². The van der Waals surface area contributed by atoms with Crippen LogP contribution in [0.1, 0.15) is 5.56 Å². The molecule has 0 bridgehead atoms. The fourth-order valence-electron chi connectivity index (χ4n) is 2.93. The molecule has 4 aromatic carbocycles. The van der Waals surface area contributed by atoms with Gasteiger partial charge in [0.25, 0.3) is 10.1 Å². The normalized spacial score (nSPS) is 11.1. The van der Waals surface area contributed by atoms with E-state index in [-0.39, 0.29) is 5.96 Å². The second-order valence-corrected chi connectivity index (χ2v) is 9.03. The number of ether oxygens (including phenoxy) is 2. The van der Waals surface area contributed by atoms with Crippen molar-refractivity contribution in [2.75, 3.05) is 11.6 Å². The maximum Gasteiger partial charge on any atom is 0.261 e. The molecule has 36 heavy (non-hydrogen) atoms. The molecule has 0 amide bonds. The van der Waals surface area contributed by atoms with Crippen LogP contribution in [0.2, 0.25) is 0 Å². The summed E-state index contributed by atoms with van der Waals surface area (Å²) in [4.78, 5) is 4.41. The first-order chi connectivity index (χ1) is 17.2. The van der Waals surface area contributed by atoms with Gasteiger partial charge in [0.2, 0.25) is 0 Å². The Bertz CT molecular complexity index is 1350. The largest absolute Gasteiger partial charge is 0.489 e. The van der Waals surface area contributed by atoms with Gasteiger partial charge in [-0.25, -0.2) is 4.99 Å². The van der Waals surface area contributed by atoms with Crippen LogP contribution in [0.5, 0.6) is 17.2 Å². The zero-order valence-electron chi connectivity index (χ0n) is 19.6. The Morgan fingerprint density at radius 2 is 1.39 bits per heavy atom. The standard InChI is InChI=1S/C26H23N3O2.CH4O3S/c27-26(28-21-14-16-24(17-15-21)31-23-11-5-2-6-12-23)29-22-10-7-13-25(18-22)30-19-20-8-3-1-4-9-20;1-5(2,3)4/h1-18H,19H2,(H3,27,28,29);1H3,(H,2,3,4). The Kier molecular flexibility index (Phi) is 9.44. The smallest absolute Gasteiger partial charge is 0.261 e. The summed E-state index contributed by atoms with van der Waals surface area (Å²) in [5.74, 6) is 2.57. The molecule has 0 aliphatic rings. The second-order valence-electron chi connectivity index (χ2n) is 7.57. The number of hydrogen-bond acceptors (Lipinski definition) is 5. The van der Waals surface area contributed by atoms with Crippen LogP contribution in [0.3, 0.4) is 0 Å². The molecule has 0 heterocycles. The van der Waals surface area contributed by atoms with E-state index in [0.717, 1.165) is 34.2 Å². The van der Waals surface area contributed by atoms with Gasteiger partial charge in [-0.3, -0.25) is 4.55 Å². The topological polar surface area (TPSA) is 123 Å². The molecule has 0 aromatic heterocycles. The number of benzene rings is 4. The number of aliphatic imine (C=N–C) groups is 1. The van der Waals surface area contributed by atoms with Crippen molar-refractivity contribution in [1.29, 1.82) is 0 Å². The highest BCUT2D eigenvalue weighted by molar-refractivity contribution is 7.85. The van der Waals surface area contributed by atoms with Gasteiger partial charge < -0.3 is 20.5 Å². The third-order valence-electron chi connectivity index (χ3n) is 4.42. The van der Waals surface area contributed by atoms with Gasteiger partial charge in [-0.15, -0.1) is 0 Å². The van der Waals surface area contributed by atoms with Crippen LogP contribution in [0.15, 0.2) is 114 Å². The van der Waals surface area contributed by atoms with Gasteiger partial charge in [-0.2, -0.15) is 8.42 Å². The lowest BCUT2D eigenvalue weighted by molar-refractivity contribution is 0.306. The number of guanidine groups is 1. The van der Waals surface area contributed by atoms with Gasteiger partial charge in [-0.1, -0.05) is 54.6 Å². The number of anilines is 1. The van der Waals surface area contributed by atoms with Crippen LogP contribution >= 0.6 is 0 Å². The number of para-hydroxylation sites is 1. The van der Waals surface area contributed by atoms with Crippen molar-refractivity contribution in [3.05, 3.63) is 115 Å². The van der Waals surface area contributed by atoms with Crippen molar-refractivity contribution in [2.45, 2.75) is 6.61 Å². The highest BCUT2D eigenvalue weighted by Gasteiger charge is 2.01. The third-order valence-corrected chi connectivity index (χ3v) is 4.42. The highest BCUT2D eigenvalue weighted by Crippen LogP contribution is 2.24. The van der Waals surface area contributed by atoms with Crippen molar-refractivity contribution in [3.8, 4) is 17.2 Å². The maximum absolute atomic E-state index is 9.19. The summed E-state index contributed by atoms with van der Waals surface area (Å²) in [6, 6.07) is 34.7. The molecular formula is C27H27N3O5S. The summed E-state index contributed by atoms with van der Waals surface area (Å²) >= 11 is 0. The van der Waals surface area contributed by atoms with Crippen molar-refractivity contribution >= 4 is 27.5 Å². The summed E-state index contributed by atoms with van der Waals surface area (Å²) in [5, 5.41) is 3.10. The number of nitrogens with zero attached hydrogens (tertiary/aromatic N) is 1. The molecule has 0 atom stereocenters. The molecule has 4 aromatic rings. The molecule has 0 saturated heterocycles. The minimum atomic E-state index is -3.67. The quantitative estimate of drug-likeness (QED) is 0.169. The summed E-state index contributed by atoms with van der Waals surface area (Å²) < 4.78 is 37.5. The first-order valence-corrected chi connectivity index (χ1v) is 12.7. The predicted molar refractivity (Wildman–Crippen MR) is 143 cm³/mol. The number of hydrogen-bond donors (Lipinski definition) is 3. The van der Waals surface area contributed by atoms with Crippen molar-refractivity contribution < 1.29 is 22.4 Å². The predicted octanol–water partition coefficient (Wildman–Crippen LogP) is 5.62. The van der Waals surface area contributed by atoms with Gasteiger partial charge in [0.05, 0.1) is 11.9 Å². The Hall–Kier alpha value is -4.34. The van der Waals surface area contributed by atoms with Crippen molar-refractivity contribution in [3.63, 3.8) is 0 Å². The average Bonchev–Trinajstić information content (AvgIpc) is 2.84. The third kappa shape index (κ3) is 10.3. The van der Waals surface area contributed by atoms with E-state index < -0.39 is 10.1 Å². The molecule has 0 spiro atoms. The molecule has 186 valence electrons. The highest BCUT2D eigenvalue weighted by atomic mass is 32.2. The minimum Gasteiger partial charge on any atom is -0.489 e. The summed E-state index contributed by atoms with van der Waals surface area (Å²) in [6.45, 7) is 0.505. The van der Waals surface area contributed by atoms with Crippen LogP contribution in [-0.4, -0.2) is 25.2 Å². The molecular weight excluding hydrogens is 478 g/mol. The van der Waals surface area contributed by atoms with E-state index in [9.17, 15) is 8.42 Å². The van der Waals surface area contributed by atoms with Gasteiger partial charge in [0.1, 0.15) is 23.9 Å². The van der Waals surface area contributed by atoms with E-state index in [1.165, 1.54) is 0 Å². The molecule has 0 radical (unpaired) electrons. The zero-order chi connectivity index (χ0) is 25.8. The first-order valence-electron chi connectivity index (χ1n) is 10.9. The van der Waals surface area contributed by atoms with E-state index in [4.69, 9.17) is 19.8 Å². The van der Waals surface area contributed by atoms with E-state index in [1.807, 2.05) is 109 Å². The molecule has 0 aliphatic carbocycles. The second kappa shape index (κ2) is 12.9. The fraction of sp³-hybridized carbons (Fsp3) is 0.0741. The zero-order valence-corrected chi connectivity index (χ0v) is 20.4. The van der Waals surface area contributed by atoms with Crippen LogP contribution in [0.4, 0.5) is 11.4 Å². The SMILES string of the molecule is CS(=O)(=O)O.NC(=Nc1ccc(Oc2ccccc2)cc1)Nc1cccc(OCc2ccccc2)c1. The van der Waals surface area contributed by atoms with Crippen molar-refractivity contribution in [1.82, 2.24) is 0 Å². The Labute approximate surface area is 210 Å². The van der Waals surface area contributed by atoms with E-state index in [1.54, 1.807) is 0 Å². The average molecular weight is 506 g/mol. The number of nitrogens with two attached hydrogens (primary N) is 1. The maximum atomic E-state index is 9.19. The van der Waals surface area contributed by atoms with E-state index in [0.29, 0.717) is 12.9 Å². The van der Waals surface area contributed by atoms with Gasteiger partial charge in [-0.05, 0) is 54.1 Å². The number of nitrogens with one attached hydrogen (secondary N) is 1. The summed E-state index contributed by atoms with van der Waals surface area (Å²) in [5.41, 5.74) is 8.72. The first kappa shape index (κ1) is 26.3. The van der Waals surface area contributed by atoms with Gasteiger partial charge in [0.15, 0.2) is 5.96 Å². The fourth-order valence-corrected chi connectivity index (χ4v) is 2.93. The van der Waals surface area contributed by atoms with Crippen LogP contribution in [-0.2, 0) is 16.7 Å². The summed E-state index contributed by atoms with van der Waals surface area (Å²) in [6.07, 6.45) is 0.715. The molecule has 4 rings (SSSR count). The van der Waals surface area contributed by atoms with Gasteiger partial charge in [0, 0.05) is 11.8 Å². The Balaban J connectivity index is 0.000000658.